The molecule has 1 aromatic carbocycles. The largest absolute Gasteiger partial charge is 0.399 e. The maximum absolute atomic E-state index is 8.73. The number of aliphatic hydroxyl groups is 1. The molecule has 1 aliphatic heterocycles. The van der Waals surface area contributed by atoms with Crippen LogP contribution in [0.5, 0.6) is 0 Å². The van der Waals surface area contributed by atoms with E-state index in [1.54, 1.807) is 0 Å². The Morgan fingerprint density at radius 1 is 1.11 bits per heavy atom. The van der Waals surface area contributed by atoms with E-state index in [0.717, 1.165) is 38.0 Å². The van der Waals surface area contributed by atoms with Gasteiger partial charge in [0.25, 0.3) is 0 Å². The monoisotopic (exact) mass is 248 g/mol. The molecule has 0 unspecified atom stereocenters. The van der Waals surface area contributed by atoms with Crippen LogP contribution in [0.3, 0.4) is 0 Å². The molecule has 100 valence electrons. The van der Waals surface area contributed by atoms with Gasteiger partial charge in [0.15, 0.2) is 0 Å². The maximum Gasteiger partial charge on any atom is 0.0431 e. The van der Waals surface area contributed by atoms with Crippen molar-refractivity contribution in [2.24, 2.45) is 0 Å². The first-order valence-corrected chi connectivity index (χ1v) is 7.00. The van der Waals surface area contributed by atoms with Gasteiger partial charge in [0.05, 0.1) is 0 Å². The van der Waals surface area contributed by atoms with E-state index in [2.05, 4.69) is 17.0 Å². The van der Waals surface area contributed by atoms with Gasteiger partial charge in [-0.2, -0.15) is 0 Å². The molecule has 3 N–H and O–H groups in total. The summed E-state index contributed by atoms with van der Waals surface area (Å²) in [4.78, 5) is 2.51. The molecule has 18 heavy (non-hydrogen) atoms. The van der Waals surface area contributed by atoms with Crippen molar-refractivity contribution in [3.05, 3.63) is 29.3 Å². The average molecular weight is 248 g/mol. The minimum atomic E-state index is 0.330. The normalized spacial score (nSPS) is 15.6. The van der Waals surface area contributed by atoms with Crippen molar-refractivity contribution in [2.75, 3.05) is 25.4 Å². The van der Waals surface area contributed by atoms with Crippen LogP contribution in [0.15, 0.2) is 18.2 Å². The molecule has 1 aromatic rings. The molecular formula is C15H24N2O. The summed E-state index contributed by atoms with van der Waals surface area (Å²) in [6, 6.07) is 6.29. The van der Waals surface area contributed by atoms with E-state index in [4.69, 9.17) is 10.8 Å². The number of hydrogen-bond acceptors (Lipinski definition) is 3. The summed E-state index contributed by atoms with van der Waals surface area (Å²) in [5.41, 5.74) is 9.57. The minimum Gasteiger partial charge on any atom is -0.399 e. The number of aliphatic hydroxyl groups excluding tert-OH is 1. The summed E-state index contributed by atoms with van der Waals surface area (Å²) >= 11 is 0. The molecule has 0 aliphatic carbocycles. The van der Waals surface area contributed by atoms with E-state index >= 15 is 0 Å². The molecular weight excluding hydrogens is 224 g/mol. The Labute approximate surface area is 110 Å². The molecule has 0 spiro atoms. The highest BCUT2D eigenvalue weighted by Crippen LogP contribution is 2.21. The minimum absolute atomic E-state index is 0.330. The lowest BCUT2D eigenvalue weighted by molar-refractivity contribution is 0.244. The zero-order valence-electron chi connectivity index (χ0n) is 11.1. The molecule has 2 rings (SSSR count). The Kier molecular flexibility index (Phi) is 5.02. The van der Waals surface area contributed by atoms with Gasteiger partial charge in [-0.3, -0.25) is 4.90 Å². The molecule has 0 bridgehead atoms. The van der Waals surface area contributed by atoms with Gasteiger partial charge in [-0.1, -0.05) is 18.9 Å². The predicted molar refractivity (Wildman–Crippen MR) is 75.4 cm³/mol. The predicted octanol–water partition coefficient (Wildman–Crippen LogP) is 2.18. The number of fused-ring (bicyclic) bond motifs is 1. The van der Waals surface area contributed by atoms with Crippen LogP contribution in [-0.4, -0.2) is 29.7 Å². The Morgan fingerprint density at radius 2 is 1.94 bits per heavy atom. The van der Waals surface area contributed by atoms with Crippen molar-refractivity contribution in [1.29, 1.82) is 0 Å². The second-order valence-corrected chi connectivity index (χ2v) is 5.19. The first-order chi connectivity index (χ1) is 8.79. The van der Waals surface area contributed by atoms with E-state index in [-0.39, 0.29) is 0 Å². The molecule has 0 saturated carbocycles. The highest BCUT2D eigenvalue weighted by molar-refractivity contribution is 5.45. The van der Waals surface area contributed by atoms with Gasteiger partial charge in [-0.25, -0.2) is 0 Å². The number of benzene rings is 1. The number of hydrogen-bond donors (Lipinski definition) is 2. The lowest BCUT2D eigenvalue weighted by Gasteiger charge is -2.28. The second-order valence-electron chi connectivity index (χ2n) is 5.19. The lowest BCUT2D eigenvalue weighted by Crippen LogP contribution is -2.31. The van der Waals surface area contributed by atoms with Gasteiger partial charge in [0.1, 0.15) is 0 Å². The zero-order valence-corrected chi connectivity index (χ0v) is 11.1. The Bertz CT molecular complexity index is 379. The van der Waals surface area contributed by atoms with Crippen LogP contribution in [0, 0.1) is 0 Å². The Balaban J connectivity index is 1.77. The van der Waals surface area contributed by atoms with Crippen molar-refractivity contribution in [3.63, 3.8) is 0 Å². The van der Waals surface area contributed by atoms with Crippen molar-refractivity contribution >= 4 is 5.69 Å². The molecule has 0 atom stereocenters. The van der Waals surface area contributed by atoms with Crippen LogP contribution >= 0.6 is 0 Å². The van der Waals surface area contributed by atoms with Crippen molar-refractivity contribution in [2.45, 2.75) is 38.6 Å². The van der Waals surface area contributed by atoms with Crippen molar-refractivity contribution in [3.8, 4) is 0 Å². The van der Waals surface area contributed by atoms with Crippen LogP contribution < -0.4 is 5.73 Å². The van der Waals surface area contributed by atoms with Crippen LogP contribution in [0.4, 0.5) is 5.69 Å². The quantitative estimate of drug-likeness (QED) is 0.599. The molecule has 3 nitrogen and oxygen atoms in total. The summed E-state index contributed by atoms with van der Waals surface area (Å²) in [5.74, 6) is 0. The highest BCUT2D eigenvalue weighted by atomic mass is 16.2. The van der Waals surface area contributed by atoms with Crippen molar-refractivity contribution < 1.29 is 5.11 Å². The lowest BCUT2D eigenvalue weighted by atomic mass is 9.99. The molecule has 0 fully saturated rings. The molecule has 3 heteroatoms. The molecule has 1 heterocycles. The highest BCUT2D eigenvalue weighted by Gasteiger charge is 2.15. The summed E-state index contributed by atoms with van der Waals surface area (Å²) in [6.45, 7) is 3.70. The van der Waals surface area contributed by atoms with Crippen LogP contribution in [0.25, 0.3) is 0 Å². The van der Waals surface area contributed by atoms with Gasteiger partial charge in [0, 0.05) is 25.4 Å². The number of nitrogens with two attached hydrogens (primary N) is 1. The zero-order chi connectivity index (χ0) is 12.8. The maximum atomic E-state index is 8.73. The SMILES string of the molecule is Nc1ccc2c(c1)CN(CCCCCCO)CC2. The molecule has 0 aromatic heterocycles. The fraction of sp³-hybridized carbons (Fsp3) is 0.600. The number of unbranched alkanes of at least 4 members (excludes halogenated alkanes) is 3. The number of anilines is 1. The van der Waals surface area contributed by atoms with E-state index in [1.807, 2.05) is 6.07 Å². The Morgan fingerprint density at radius 3 is 2.78 bits per heavy atom. The fourth-order valence-corrected chi connectivity index (χ4v) is 2.63. The molecule has 0 saturated heterocycles. The summed E-state index contributed by atoms with van der Waals surface area (Å²) in [6.07, 6.45) is 5.69. The van der Waals surface area contributed by atoms with Crippen LogP contribution in [-0.2, 0) is 13.0 Å². The fourth-order valence-electron chi connectivity index (χ4n) is 2.63. The first kappa shape index (κ1) is 13.4. The smallest absolute Gasteiger partial charge is 0.0431 e. The standard InChI is InChI=1S/C15H24N2O/c16-15-6-5-13-7-9-17(12-14(13)11-15)8-3-1-2-4-10-18/h5-6,11,18H,1-4,7-10,12,16H2. The second kappa shape index (κ2) is 6.76. The number of nitrogen functional groups attached to an aromatic ring is 1. The van der Waals surface area contributed by atoms with Crippen molar-refractivity contribution in [1.82, 2.24) is 4.90 Å². The van der Waals surface area contributed by atoms with E-state index in [0.29, 0.717) is 6.61 Å². The van der Waals surface area contributed by atoms with Crippen LogP contribution in [0.2, 0.25) is 0 Å². The van der Waals surface area contributed by atoms with E-state index < -0.39 is 0 Å². The van der Waals surface area contributed by atoms with E-state index in [1.165, 1.54) is 30.5 Å². The van der Waals surface area contributed by atoms with Gasteiger partial charge in [0.2, 0.25) is 0 Å². The molecule has 0 amide bonds. The van der Waals surface area contributed by atoms with Gasteiger partial charge in [-0.05, 0) is 49.1 Å². The third-order valence-corrected chi connectivity index (χ3v) is 3.70. The summed E-state index contributed by atoms with van der Waals surface area (Å²) in [5, 5.41) is 8.73. The van der Waals surface area contributed by atoms with Gasteiger partial charge < -0.3 is 10.8 Å². The summed E-state index contributed by atoms with van der Waals surface area (Å²) in [7, 11) is 0. The van der Waals surface area contributed by atoms with Gasteiger partial charge in [-0.15, -0.1) is 0 Å². The molecule has 1 aliphatic rings. The first-order valence-electron chi connectivity index (χ1n) is 7.00. The number of nitrogens with zero attached hydrogens (tertiary/aromatic N) is 1. The Hall–Kier alpha value is -1.06. The third kappa shape index (κ3) is 3.72. The van der Waals surface area contributed by atoms with Gasteiger partial charge >= 0.3 is 0 Å². The summed E-state index contributed by atoms with van der Waals surface area (Å²) < 4.78 is 0. The number of rotatable bonds is 6. The third-order valence-electron chi connectivity index (χ3n) is 3.70. The molecule has 0 radical (unpaired) electrons. The van der Waals surface area contributed by atoms with E-state index in [9.17, 15) is 0 Å². The van der Waals surface area contributed by atoms with Crippen LogP contribution in [0.1, 0.15) is 36.8 Å². The topological polar surface area (TPSA) is 49.5 Å². The average Bonchev–Trinajstić information content (AvgIpc) is 2.38.